The van der Waals surface area contributed by atoms with Gasteiger partial charge in [-0.3, -0.25) is 0 Å². The third kappa shape index (κ3) is 1.96. The third-order valence-corrected chi connectivity index (χ3v) is 1.83. The molecule has 0 aromatic heterocycles. The molecule has 0 N–H and O–H groups in total. The van der Waals surface area contributed by atoms with Gasteiger partial charge in [-0.05, 0) is 12.5 Å². The van der Waals surface area contributed by atoms with E-state index in [0.29, 0.717) is 0 Å². The number of halogens is 1. The number of hydrogen-bond donors (Lipinski definition) is 0. The number of nitrogens with zero attached hydrogens (tertiary/aromatic N) is 1. The highest BCUT2D eigenvalue weighted by Gasteiger charge is 2.03. The fraction of sp³-hybridized carbons (Fsp3) is 0.222. The highest BCUT2D eigenvalue weighted by molar-refractivity contribution is 6.22. The van der Waals surface area contributed by atoms with Crippen LogP contribution in [0.25, 0.3) is 0 Å². The molecule has 2 heteroatoms. The van der Waals surface area contributed by atoms with Gasteiger partial charge in [0.15, 0.2) is 0 Å². The van der Waals surface area contributed by atoms with E-state index in [2.05, 4.69) is 0 Å². The summed E-state index contributed by atoms with van der Waals surface area (Å²) in [4.78, 5) is 0. The summed E-state index contributed by atoms with van der Waals surface area (Å²) in [6.07, 6.45) is 0. The van der Waals surface area contributed by atoms with Crippen molar-refractivity contribution >= 4 is 11.6 Å². The maximum absolute atomic E-state index is 8.48. The minimum absolute atomic E-state index is 0.518. The summed E-state index contributed by atoms with van der Waals surface area (Å²) in [7, 11) is 0. The molecule has 0 fully saturated rings. The van der Waals surface area contributed by atoms with Crippen molar-refractivity contribution in [3.8, 4) is 6.07 Å². The second-order valence-corrected chi connectivity index (χ2v) is 2.84. The molecule has 0 aliphatic carbocycles. The highest BCUT2D eigenvalue weighted by atomic mass is 35.5. The van der Waals surface area contributed by atoms with Crippen molar-refractivity contribution < 1.29 is 0 Å². The molecule has 0 spiro atoms. The molecule has 1 nitrogen and oxygen atoms in total. The third-order valence-electron chi connectivity index (χ3n) is 1.48. The largest absolute Gasteiger partial charge is 0.196 e. The summed E-state index contributed by atoms with van der Waals surface area (Å²) in [5.41, 5.74) is 2.04. The van der Waals surface area contributed by atoms with Crippen LogP contribution >= 0.6 is 11.6 Å². The number of benzene rings is 1. The van der Waals surface area contributed by atoms with Gasteiger partial charge in [0.2, 0.25) is 0 Å². The molecule has 1 aromatic rings. The van der Waals surface area contributed by atoms with Gasteiger partial charge in [0.05, 0.1) is 6.07 Å². The predicted octanol–water partition coefficient (Wildman–Crippen LogP) is 2.80. The van der Waals surface area contributed by atoms with Crippen LogP contribution in [0, 0.1) is 18.3 Å². The Morgan fingerprint density at radius 2 is 1.91 bits per heavy atom. The lowest BCUT2D eigenvalue weighted by atomic mass is 10.1. The summed E-state index contributed by atoms with van der Waals surface area (Å²) in [5.74, 6) is 0. The van der Waals surface area contributed by atoms with Gasteiger partial charge in [-0.25, -0.2) is 0 Å². The molecule has 1 unspecified atom stereocenters. The lowest BCUT2D eigenvalue weighted by molar-refractivity contribution is 1.20. The zero-order chi connectivity index (χ0) is 8.27. The SMILES string of the molecule is Cc1ccc(C(Cl)C#N)cc1. The van der Waals surface area contributed by atoms with Crippen molar-refractivity contribution in [1.82, 2.24) is 0 Å². The molecule has 0 radical (unpaired) electrons. The first-order valence-corrected chi connectivity index (χ1v) is 3.78. The summed E-state index contributed by atoms with van der Waals surface area (Å²) in [6, 6.07) is 9.60. The fourth-order valence-electron chi connectivity index (χ4n) is 0.810. The number of hydrogen-bond acceptors (Lipinski definition) is 1. The molecule has 1 atom stereocenters. The fourth-order valence-corrected chi connectivity index (χ4v) is 0.955. The molecule has 56 valence electrons. The molecular weight excluding hydrogens is 158 g/mol. The lowest BCUT2D eigenvalue weighted by Gasteiger charge is -1.99. The van der Waals surface area contributed by atoms with Crippen LogP contribution in [0.3, 0.4) is 0 Å². The summed E-state index contributed by atoms with van der Waals surface area (Å²) < 4.78 is 0. The van der Waals surface area contributed by atoms with E-state index < -0.39 is 5.38 Å². The van der Waals surface area contributed by atoms with Gasteiger partial charge in [-0.15, -0.1) is 11.6 Å². The molecule has 11 heavy (non-hydrogen) atoms. The van der Waals surface area contributed by atoms with Crippen LogP contribution in [0.15, 0.2) is 24.3 Å². The number of alkyl halides is 1. The Hall–Kier alpha value is -1.00. The van der Waals surface area contributed by atoms with Crippen molar-refractivity contribution in [2.75, 3.05) is 0 Å². The molecule has 1 aromatic carbocycles. The average Bonchev–Trinajstić information content (AvgIpc) is 2.05. The maximum Gasteiger partial charge on any atom is 0.145 e. The number of nitriles is 1. The molecule has 0 aliphatic heterocycles. The predicted molar refractivity (Wildman–Crippen MR) is 45.4 cm³/mol. The van der Waals surface area contributed by atoms with E-state index in [1.165, 1.54) is 5.56 Å². The van der Waals surface area contributed by atoms with Gasteiger partial charge in [-0.1, -0.05) is 29.8 Å². The Morgan fingerprint density at radius 1 is 1.36 bits per heavy atom. The monoisotopic (exact) mass is 165 g/mol. The van der Waals surface area contributed by atoms with E-state index >= 15 is 0 Å². The van der Waals surface area contributed by atoms with Gasteiger partial charge in [0.25, 0.3) is 0 Å². The zero-order valence-corrected chi connectivity index (χ0v) is 6.97. The van der Waals surface area contributed by atoms with E-state index in [4.69, 9.17) is 16.9 Å². The van der Waals surface area contributed by atoms with Crippen molar-refractivity contribution in [2.24, 2.45) is 0 Å². The van der Waals surface area contributed by atoms with Crippen LogP contribution in [0.2, 0.25) is 0 Å². The van der Waals surface area contributed by atoms with Crippen LogP contribution in [0.1, 0.15) is 16.5 Å². The first kappa shape index (κ1) is 8.10. The normalized spacial score (nSPS) is 12.1. The minimum atomic E-state index is -0.518. The standard InChI is InChI=1S/C9H8ClN/c1-7-2-4-8(5-3-7)9(10)6-11/h2-5,9H,1H3. The van der Waals surface area contributed by atoms with E-state index in [9.17, 15) is 0 Å². The second-order valence-electron chi connectivity index (χ2n) is 2.40. The topological polar surface area (TPSA) is 23.8 Å². The Morgan fingerprint density at radius 3 is 2.36 bits per heavy atom. The summed E-state index contributed by atoms with van der Waals surface area (Å²) >= 11 is 5.68. The minimum Gasteiger partial charge on any atom is -0.196 e. The molecule has 0 saturated carbocycles. The molecule has 0 amide bonds. The smallest absolute Gasteiger partial charge is 0.145 e. The second kappa shape index (κ2) is 3.41. The molecule has 1 rings (SSSR count). The van der Waals surface area contributed by atoms with Crippen molar-refractivity contribution in [3.05, 3.63) is 35.4 Å². The first-order valence-electron chi connectivity index (χ1n) is 3.34. The first-order chi connectivity index (χ1) is 5.24. The van der Waals surface area contributed by atoms with Crippen LogP contribution in [-0.4, -0.2) is 0 Å². The Labute approximate surface area is 71.2 Å². The van der Waals surface area contributed by atoms with Crippen molar-refractivity contribution in [1.29, 1.82) is 5.26 Å². The quantitative estimate of drug-likeness (QED) is 0.587. The highest BCUT2D eigenvalue weighted by Crippen LogP contribution is 2.18. The van der Waals surface area contributed by atoms with Gasteiger partial charge >= 0.3 is 0 Å². The van der Waals surface area contributed by atoms with Crippen molar-refractivity contribution in [3.63, 3.8) is 0 Å². The van der Waals surface area contributed by atoms with Crippen LogP contribution < -0.4 is 0 Å². The van der Waals surface area contributed by atoms with E-state index in [1.807, 2.05) is 37.3 Å². The zero-order valence-electron chi connectivity index (χ0n) is 6.21. The van der Waals surface area contributed by atoms with Gasteiger partial charge < -0.3 is 0 Å². The molecule has 0 saturated heterocycles. The molecule has 0 bridgehead atoms. The lowest BCUT2D eigenvalue weighted by Crippen LogP contribution is -1.85. The van der Waals surface area contributed by atoms with E-state index in [0.717, 1.165) is 5.56 Å². The van der Waals surface area contributed by atoms with Crippen LogP contribution in [-0.2, 0) is 0 Å². The average molecular weight is 166 g/mol. The van der Waals surface area contributed by atoms with E-state index in [1.54, 1.807) is 0 Å². The van der Waals surface area contributed by atoms with Gasteiger partial charge in [0.1, 0.15) is 5.38 Å². The Balaban J connectivity index is 2.92. The molecule has 0 heterocycles. The Kier molecular flexibility index (Phi) is 2.51. The maximum atomic E-state index is 8.48. The molecular formula is C9H8ClN. The van der Waals surface area contributed by atoms with Gasteiger partial charge in [0, 0.05) is 0 Å². The van der Waals surface area contributed by atoms with Gasteiger partial charge in [-0.2, -0.15) is 5.26 Å². The summed E-state index contributed by atoms with van der Waals surface area (Å²) in [6.45, 7) is 2.00. The number of rotatable bonds is 1. The summed E-state index contributed by atoms with van der Waals surface area (Å²) in [5, 5.41) is 7.96. The van der Waals surface area contributed by atoms with Crippen molar-refractivity contribution in [2.45, 2.75) is 12.3 Å². The van der Waals surface area contributed by atoms with Crippen LogP contribution in [0.4, 0.5) is 0 Å². The van der Waals surface area contributed by atoms with E-state index in [-0.39, 0.29) is 0 Å². The molecule has 0 aliphatic rings. The Bertz CT molecular complexity index is 271. The van der Waals surface area contributed by atoms with Crippen LogP contribution in [0.5, 0.6) is 0 Å². The number of aryl methyl sites for hydroxylation is 1.